The van der Waals surface area contributed by atoms with Crippen molar-refractivity contribution >= 4 is 11.5 Å². The number of aliphatic carboxylic acids is 1. The van der Waals surface area contributed by atoms with Gasteiger partial charge in [0.25, 0.3) is 0 Å². The first-order chi connectivity index (χ1) is 12.7. The maximum absolute atomic E-state index is 10.8. The van der Waals surface area contributed by atoms with Crippen LogP contribution in [-0.2, 0) is 4.79 Å². The summed E-state index contributed by atoms with van der Waals surface area (Å²) < 4.78 is 0. The van der Waals surface area contributed by atoms with E-state index in [2.05, 4.69) is 59.5 Å². The molecule has 1 aliphatic heterocycles. The first-order valence-corrected chi connectivity index (χ1v) is 9.47. The highest BCUT2D eigenvalue weighted by molar-refractivity contribution is 5.79. The molecule has 3 nitrogen and oxygen atoms in total. The number of nitrogens with zero attached hydrogens (tertiary/aromatic N) is 1. The third-order valence-corrected chi connectivity index (χ3v) is 5.03. The second-order valence-electron chi connectivity index (χ2n) is 7.05. The number of hydrogen-bond acceptors (Lipinski definition) is 2. The van der Waals surface area contributed by atoms with Crippen LogP contribution in [0.2, 0.25) is 0 Å². The van der Waals surface area contributed by atoms with Crippen LogP contribution < -0.4 is 0 Å². The minimum atomic E-state index is -0.671. The molecule has 26 heavy (non-hydrogen) atoms. The summed E-state index contributed by atoms with van der Waals surface area (Å²) in [5.41, 5.74) is 3.79. The number of rotatable bonds is 8. The number of allylic oxidation sites excluding steroid dienone is 1. The molecule has 1 unspecified atom stereocenters. The number of carboxylic acid groups (broad SMARTS) is 1. The molecular formula is C23H27NO2. The summed E-state index contributed by atoms with van der Waals surface area (Å²) in [6.45, 7) is 3.01. The van der Waals surface area contributed by atoms with Crippen molar-refractivity contribution in [1.82, 2.24) is 4.90 Å². The van der Waals surface area contributed by atoms with E-state index >= 15 is 0 Å². The lowest BCUT2D eigenvalue weighted by molar-refractivity contribution is -0.138. The first-order valence-electron chi connectivity index (χ1n) is 9.47. The van der Waals surface area contributed by atoms with Crippen LogP contribution in [0.3, 0.4) is 0 Å². The summed E-state index contributed by atoms with van der Waals surface area (Å²) >= 11 is 0. The number of unbranched alkanes of at least 4 members (excludes halogenated alkanes) is 1. The van der Waals surface area contributed by atoms with Gasteiger partial charge in [0.05, 0.1) is 0 Å². The Kier molecular flexibility index (Phi) is 6.62. The Bertz CT molecular complexity index is 683. The van der Waals surface area contributed by atoms with Crippen LogP contribution in [0.25, 0.3) is 5.57 Å². The molecule has 1 heterocycles. The number of benzene rings is 2. The zero-order chi connectivity index (χ0) is 18.2. The first kappa shape index (κ1) is 18.4. The minimum Gasteiger partial charge on any atom is -0.481 e. The molecule has 1 atom stereocenters. The van der Waals surface area contributed by atoms with Gasteiger partial charge in [-0.25, -0.2) is 0 Å². The van der Waals surface area contributed by atoms with Crippen molar-refractivity contribution in [3.05, 3.63) is 77.9 Å². The molecule has 0 amide bonds. The van der Waals surface area contributed by atoms with Crippen LogP contribution in [0.15, 0.2) is 66.7 Å². The van der Waals surface area contributed by atoms with Gasteiger partial charge in [-0.15, -0.1) is 0 Å². The predicted molar refractivity (Wildman–Crippen MR) is 106 cm³/mol. The van der Waals surface area contributed by atoms with Gasteiger partial charge in [0.2, 0.25) is 0 Å². The van der Waals surface area contributed by atoms with Gasteiger partial charge in [-0.05, 0) is 55.0 Å². The Labute approximate surface area is 156 Å². The summed E-state index contributed by atoms with van der Waals surface area (Å²) in [5, 5.41) is 8.93. The van der Waals surface area contributed by atoms with E-state index in [0.29, 0.717) is 12.3 Å². The molecular weight excluding hydrogens is 322 g/mol. The zero-order valence-electron chi connectivity index (χ0n) is 15.2. The molecule has 3 rings (SSSR count). The number of likely N-dealkylation sites (tertiary alicyclic amines) is 1. The van der Waals surface area contributed by atoms with E-state index < -0.39 is 5.97 Å². The topological polar surface area (TPSA) is 40.5 Å². The van der Waals surface area contributed by atoms with Gasteiger partial charge in [0.1, 0.15) is 0 Å². The van der Waals surface area contributed by atoms with E-state index in [4.69, 9.17) is 5.11 Å². The van der Waals surface area contributed by atoms with E-state index in [-0.39, 0.29) is 0 Å². The van der Waals surface area contributed by atoms with E-state index in [1.165, 1.54) is 16.7 Å². The number of carboxylic acids is 1. The van der Waals surface area contributed by atoms with Crippen LogP contribution in [0.4, 0.5) is 0 Å². The molecule has 1 saturated heterocycles. The van der Waals surface area contributed by atoms with Gasteiger partial charge in [-0.3, -0.25) is 4.79 Å². The lowest BCUT2D eigenvalue weighted by atomic mass is 9.96. The van der Waals surface area contributed by atoms with Gasteiger partial charge >= 0.3 is 5.97 Å². The molecule has 0 bridgehead atoms. The van der Waals surface area contributed by atoms with Gasteiger partial charge in [-0.1, -0.05) is 66.7 Å². The van der Waals surface area contributed by atoms with E-state index in [9.17, 15) is 4.79 Å². The quantitative estimate of drug-likeness (QED) is 0.703. The largest absolute Gasteiger partial charge is 0.481 e. The summed E-state index contributed by atoms with van der Waals surface area (Å²) in [6, 6.07) is 21.1. The fourth-order valence-corrected chi connectivity index (χ4v) is 3.73. The summed E-state index contributed by atoms with van der Waals surface area (Å²) in [5.74, 6) is -0.345. The molecule has 0 spiro atoms. The van der Waals surface area contributed by atoms with Crippen molar-refractivity contribution < 1.29 is 9.90 Å². The zero-order valence-corrected chi connectivity index (χ0v) is 15.2. The van der Waals surface area contributed by atoms with Crippen LogP contribution in [-0.4, -0.2) is 35.6 Å². The SMILES string of the molecule is O=C(O)CC1CCN(CCCC=C(c2ccccc2)c2ccccc2)C1. The Balaban J connectivity index is 1.57. The third-order valence-electron chi connectivity index (χ3n) is 5.03. The predicted octanol–water partition coefficient (Wildman–Crippen LogP) is 4.70. The van der Waals surface area contributed by atoms with Crippen LogP contribution >= 0.6 is 0 Å². The maximum Gasteiger partial charge on any atom is 0.303 e. The Morgan fingerprint density at radius 3 is 2.23 bits per heavy atom. The molecule has 136 valence electrons. The fraction of sp³-hybridized carbons (Fsp3) is 0.348. The summed E-state index contributed by atoms with van der Waals surface area (Å²) in [4.78, 5) is 13.2. The molecule has 2 aromatic carbocycles. The standard InChI is InChI=1S/C23H27NO2/c25-23(26)17-19-14-16-24(18-19)15-8-7-13-22(20-9-3-1-4-10-20)21-11-5-2-6-12-21/h1-6,9-13,19H,7-8,14-18H2,(H,25,26). The molecule has 0 saturated carbocycles. The van der Waals surface area contributed by atoms with Gasteiger partial charge < -0.3 is 10.0 Å². The van der Waals surface area contributed by atoms with Crippen LogP contribution in [0.1, 0.15) is 36.8 Å². The van der Waals surface area contributed by atoms with Gasteiger partial charge in [0, 0.05) is 13.0 Å². The maximum atomic E-state index is 10.8. The highest BCUT2D eigenvalue weighted by Gasteiger charge is 2.23. The van der Waals surface area contributed by atoms with Gasteiger partial charge in [0.15, 0.2) is 0 Å². The third kappa shape index (κ3) is 5.30. The molecule has 0 aromatic heterocycles. The molecule has 1 aliphatic rings. The Morgan fingerprint density at radius 2 is 1.65 bits per heavy atom. The van der Waals surface area contributed by atoms with Crippen molar-refractivity contribution in [3.63, 3.8) is 0 Å². The lowest BCUT2D eigenvalue weighted by Gasteiger charge is -2.15. The Morgan fingerprint density at radius 1 is 1.04 bits per heavy atom. The van der Waals surface area contributed by atoms with Crippen molar-refractivity contribution in [1.29, 1.82) is 0 Å². The van der Waals surface area contributed by atoms with Crippen molar-refractivity contribution in [2.24, 2.45) is 5.92 Å². The summed E-state index contributed by atoms with van der Waals surface area (Å²) in [6.07, 6.45) is 5.79. The van der Waals surface area contributed by atoms with Crippen molar-refractivity contribution in [2.45, 2.75) is 25.7 Å². The smallest absolute Gasteiger partial charge is 0.303 e. The molecule has 0 radical (unpaired) electrons. The average molecular weight is 349 g/mol. The second kappa shape index (κ2) is 9.35. The molecule has 2 aromatic rings. The molecule has 1 N–H and O–H groups in total. The van der Waals surface area contributed by atoms with Crippen molar-refractivity contribution in [2.75, 3.05) is 19.6 Å². The normalized spacial score (nSPS) is 17.2. The molecule has 1 fully saturated rings. The number of hydrogen-bond donors (Lipinski definition) is 1. The van der Waals surface area contributed by atoms with Crippen LogP contribution in [0, 0.1) is 5.92 Å². The van der Waals surface area contributed by atoms with E-state index in [1.54, 1.807) is 0 Å². The lowest BCUT2D eigenvalue weighted by Crippen LogP contribution is -2.22. The van der Waals surface area contributed by atoms with Gasteiger partial charge in [-0.2, -0.15) is 0 Å². The highest BCUT2D eigenvalue weighted by Crippen LogP contribution is 2.24. The average Bonchev–Trinajstić information content (AvgIpc) is 3.10. The highest BCUT2D eigenvalue weighted by atomic mass is 16.4. The summed E-state index contributed by atoms with van der Waals surface area (Å²) in [7, 11) is 0. The van der Waals surface area contributed by atoms with Crippen LogP contribution in [0.5, 0.6) is 0 Å². The van der Waals surface area contributed by atoms with Crippen molar-refractivity contribution in [3.8, 4) is 0 Å². The number of carbonyl (C=O) groups is 1. The monoisotopic (exact) mass is 349 g/mol. The molecule has 0 aliphatic carbocycles. The van der Waals surface area contributed by atoms with E-state index in [0.717, 1.165) is 38.9 Å². The Hall–Kier alpha value is -2.39. The van der Waals surface area contributed by atoms with E-state index in [1.807, 2.05) is 12.1 Å². The molecule has 3 heteroatoms. The minimum absolute atomic E-state index is 0.308. The fourth-order valence-electron chi connectivity index (χ4n) is 3.73. The second-order valence-corrected chi connectivity index (χ2v) is 7.05.